The van der Waals surface area contributed by atoms with E-state index in [0.717, 1.165) is 18.5 Å². The first-order valence-corrected chi connectivity index (χ1v) is 7.05. The third-order valence-electron chi connectivity index (χ3n) is 3.09. The Kier molecular flexibility index (Phi) is 4.47. The van der Waals surface area contributed by atoms with Crippen molar-refractivity contribution < 1.29 is 0 Å². The Morgan fingerprint density at radius 3 is 2.89 bits per heavy atom. The highest BCUT2D eigenvalue weighted by Gasteiger charge is 2.13. The van der Waals surface area contributed by atoms with E-state index in [0.29, 0.717) is 0 Å². The monoisotopic (exact) mass is 261 g/mol. The molecule has 2 aromatic rings. The predicted molar refractivity (Wildman–Crippen MR) is 76.4 cm³/mol. The molecule has 0 spiro atoms. The third-order valence-corrected chi connectivity index (χ3v) is 3.82. The molecule has 1 atom stereocenters. The molecule has 0 radical (unpaired) electrons. The summed E-state index contributed by atoms with van der Waals surface area (Å²) in [5, 5.41) is 4.29. The van der Waals surface area contributed by atoms with Crippen molar-refractivity contribution in [2.75, 3.05) is 0 Å². The number of nitrogens with two attached hydrogens (primary N) is 1. The number of nitrogens with one attached hydrogen (secondary N) is 1. The molecule has 2 heterocycles. The molecule has 0 aromatic carbocycles. The normalized spacial score (nSPS) is 12.6. The van der Waals surface area contributed by atoms with Gasteiger partial charge < -0.3 is 0 Å². The molecule has 0 bridgehead atoms. The van der Waals surface area contributed by atoms with Crippen LogP contribution in [-0.2, 0) is 6.42 Å². The minimum atomic E-state index is 0.116. The number of rotatable bonds is 5. The van der Waals surface area contributed by atoms with Gasteiger partial charge in [-0.1, -0.05) is 6.07 Å². The Bertz CT molecular complexity index is 494. The van der Waals surface area contributed by atoms with E-state index < -0.39 is 0 Å². The maximum absolute atomic E-state index is 5.66. The zero-order valence-corrected chi connectivity index (χ0v) is 11.6. The molecule has 96 valence electrons. The van der Waals surface area contributed by atoms with Gasteiger partial charge in [0.15, 0.2) is 0 Å². The molecule has 0 saturated carbocycles. The first kappa shape index (κ1) is 13.2. The number of hydrazine groups is 1. The third kappa shape index (κ3) is 3.16. The lowest BCUT2D eigenvalue weighted by Crippen LogP contribution is -2.29. The van der Waals surface area contributed by atoms with Crippen LogP contribution in [0.25, 0.3) is 0 Å². The van der Waals surface area contributed by atoms with Gasteiger partial charge in [0.2, 0.25) is 0 Å². The van der Waals surface area contributed by atoms with E-state index in [4.69, 9.17) is 5.84 Å². The van der Waals surface area contributed by atoms with Gasteiger partial charge in [0.25, 0.3) is 0 Å². The van der Waals surface area contributed by atoms with Crippen molar-refractivity contribution in [2.45, 2.75) is 32.7 Å². The number of aryl methyl sites for hydroxylation is 3. The Morgan fingerprint density at radius 2 is 2.28 bits per heavy atom. The van der Waals surface area contributed by atoms with Crippen LogP contribution in [0, 0.1) is 13.8 Å². The quantitative estimate of drug-likeness (QED) is 0.643. The van der Waals surface area contributed by atoms with Crippen LogP contribution >= 0.6 is 11.3 Å². The summed E-state index contributed by atoms with van der Waals surface area (Å²) in [7, 11) is 0. The van der Waals surface area contributed by atoms with E-state index in [1.807, 2.05) is 6.20 Å². The molecule has 4 heteroatoms. The fraction of sp³-hybridized carbons (Fsp3) is 0.357. The Balaban J connectivity index is 2.08. The summed E-state index contributed by atoms with van der Waals surface area (Å²) in [5.74, 6) is 5.66. The zero-order chi connectivity index (χ0) is 13.0. The largest absolute Gasteiger partial charge is 0.271 e. The predicted octanol–water partition coefficient (Wildman–Crippen LogP) is 2.90. The van der Waals surface area contributed by atoms with Crippen molar-refractivity contribution in [2.24, 2.45) is 5.84 Å². The van der Waals surface area contributed by atoms with Gasteiger partial charge in [0.05, 0.1) is 11.7 Å². The number of hydrogen-bond donors (Lipinski definition) is 2. The van der Waals surface area contributed by atoms with E-state index in [-0.39, 0.29) is 6.04 Å². The van der Waals surface area contributed by atoms with Gasteiger partial charge >= 0.3 is 0 Å². The SMILES string of the molecule is Cc1cnc(C(CCc2ccsc2)NN)c(C)c1. The van der Waals surface area contributed by atoms with Crippen molar-refractivity contribution in [1.82, 2.24) is 10.4 Å². The van der Waals surface area contributed by atoms with Crippen molar-refractivity contribution in [1.29, 1.82) is 0 Å². The van der Waals surface area contributed by atoms with Crippen LogP contribution in [0.1, 0.15) is 34.8 Å². The molecular formula is C14H19N3S. The summed E-state index contributed by atoms with van der Waals surface area (Å²) in [5.41, 5.74) is 7.68. The van der Waals surface area contributed by atoms with E-state index >= 15 is 0 Å². The molecular weight excluding hydrogens is 242 g/mol. The standard InChI is InChI=1S/C14H19N3S/c1-10-7-11(2)14(16-8-10)13(17-15)4-3-12-5-6-18-9-12/h5-9,13,17H,3-4,15H2,1-2H3. The highest BCUT2D eigenvalue weighted by atomic mass is 32.1. The minimum absolute atomic E-state index is 0.116. The zero-order valence-electron chi connectivity index (χ0n) is 10.8. The summed E-state index contributed by atoms with van der Waals surface area (Å²) >= 11 is 1.73. The molecule has 0 aliphatic carbocycles. The van der Waals surface area contributed by atoms with Crippen LogP contribution in [-0.4, -0.2) is 4.98 Å². The van der Waals surface area contributed by atoms with Crippen molar-refractivity contribution in [3.8, 4) is 0 Å². The second-order valence-corrected chi connectivity index (χ2v) is 5.38. The molecule has 0 amide bonds. The topological polar surface area (TPSA) is 50.9 Å². The van der Waals surface area contributed by atoms with E-state index in [1.165, 1.54) is 16.7 Å². The van der Waals surface area contributed by atoms with Gasteiger partial charge in [-0.15, -0.1) is 0 Å². The smallest absolute Gasteiger partial charge is 0.0638 e. The first-order valence-electron chi connectivity index (χ1n) is 6.11. The van der Waals surface area contributed by atoms with Gasteiger partial charge in [0.1, 0.15) is 0 Å². The van der Waals surface area contributed by atoms with Crippen LogP contribution in [0.3, 0.4) is 0 Å². The fourth-order valence-corrected chi connectivity index (χ4v) is 2.84. The fourth-order valence-electron chi connectivity index (χ4n) is 2.14. The summed E-state index contributed by atoms with van der Waals surface area (Å²) in [6.45, 7) is 4.14. The highest BCUT2D eigenvalue weighted by Crippen LogP contribution is 2.21. The summed E-state index contributed by atoms with van der Waals surface area (Å²) in [6.07, 6.45) is 3.88. The lowest BCUT2D eigenvalue weighted by molar-refractivity contribution is 0.502. The maximum atomic E-state index is 5.66. The average molecular weight is 261 g/mol. The van der Waals surface area contributed by atoms with E-state index in [1.54, 1.807) is 11.3 Å². The average Bonchev–Trinajstić information content (AvgIpc) is 2.85. The number of aromatic nitrogens is 1. The second-order valence-electron chi connectivity index (χ2n) is 4.60. The van der Waals surface area contributed by atoms with Gasteiger partial charge in [-0.05, 0) is 60.2 Å². The van der Waals surface area contributed by atoms with E-state index in [9.17, 15) is 0 Å². The van der Waals surface area contributed by atoms with Gasteiger partial charge in [0, 0.05) is 6.20 Å². The Labute approximate surface area is 112 Å². The van der Waals surface area contributed by atoms with Crippen LogP contribution < -0.4 is 11.3 Å². The number of nitrogens with zero attached hydrogens (tertiary/aromatic N) is 1. The molecule has 3 nitrogen and oxygen atoms in total. The molecule has 18 heavy (non-hydrogen) atoms. The number of hydrogen-bond acceptors (Lipinski definition) is 4. The van der Waals surface area contributed by atoms with Gasteiger partial charge in [-0.25, -0.2) is 0 Å². The van der Waals surface area contributed by atoms with Crippen LogP contribution in [0.5, 0.6) is 0 Å². The van der Waals surface area contributed by atoms with Crippen molar-refractivity contribution in [3.05, 3.63) is 51.5 Å². The highest BCUT2D eigenvalue weighted by molar-refractivity contribution is 7.07. The number of pyridine rings is 1. The lowest BCUT2D eigenvalue weighted by Gasteiger charge is -2.17. The summed E-state index contributed by atoms with van der Waals surface area (Å²) < 4.78 is 0. The Hall–Kier alpha value is -1.23. The van der Waals surface area contributed by atoms with E-state index in [2.05, 4.69) is 47.2 Å². The maximum Gasteiger partial charge on any atom is 0.0638 e. The molecule has 0 aliphatic heterocycles. The molecule has 2 rings (SSSR count). The molecule has 0 aliphatic rings. The first-order chi connectivity index (χ1) is 8.70. The van der Waals surface area contributed by atoms with Crippen LogP contribution in [0.15, 0.2) is 29.1 Å². The van der Waals surface area contributed by atoms with Gasteiger partial charge in [-0.2, -0.15) is 11.3 Å². The lowest BCUT2D eigenvalue weighted by atomic mass is 10.0. The molecule has 2 aromatic heterocycles. The minimum Gasteiger partial charge on any atom is -0.271 e. The van der Waals surface area contributed by atoms with Crippen molar-refractivity contribution in [3.63, 3.8) is 0 Å². The molecule has 0 saturated heterocycles. The summed E-state index contributed by atoms with van der Waals surface area (Å²) in [6, 6.07) is 4.43. The second kappa shape index (κ2) is 6.09. The van der Waals surface area contributed by atoms with Crippen LogP contribution in [0.2, 0.25) is 0 Å². The number of thiophene rings is 1. The van der Waals surface area contributed by atoms with Gasteiger partial charge in [-0.3, -0.25) is 16.3 Å². The van der Waals surface area contributed by atoms with Crippen molar-refractivity contribution >= 4 is 11.3 Å². The summed E-state index contributed by atoms with van der Waals surface area (Å²) in [4.78, 5) is 4.51. The van der Waals surface area contributed by atoms with Crippen LogP contribution in [0.4, 0.5) is 0 Å². The molecule has 1 unspecified atom stereocenters. The molecule has 3 N–H and O–H groups in total. The Morgan fingerprint density at radius 1 is 1.44 bits per heavy atom. The molecule has 0 fully saturated rings.